The van der Waals surface area contributed by atoms with E-state index in [1.165, 1.54) is 0 Å². The van der Waals surface area contributed by atoms with Crippen molar-refractivity contribution in [2.75, 3.05) is 12.1 Å². The van der Waals surface area contributed by atoms with Gasteiger partial charge in [-0.25, -0.2) is 0 Å². The predicted octanol–water partition coefficient (Wildman–Crippen LogP) is 1.92. The van der Waals surface area contributed by atoms with Crippen LogP contribution in [0.1, 0.15) is 0 Å². The van der Waals surface area contributed by atoms with Crippen molar-refractivity contribution in [3.8, 4) is 5.88 Å². The first-order valence-electron chi connectivity index (χ1n) is 7.03. The van der Waals surface area contributed by atoms with Crippen molar-refractivity contribution in [2.24, 2.45) is 7.05 Å². The van der Waals surface area contributed by atoms with Gasteiger partial charge in [-0.1, -0.05) is 0 Å². The molecule has 8 heteroatoms. The zero-order chi connectivity index (χ0) is 15.8. The minimum atomic E-state index is -0.406. The molecule has 4 rings (SSSR count). The first-order valence-corrected chi connectivity index (χ1v) is 7.03. The Morgan fingerprint density at radius 3 is 3.13 bits per heavy atom. The molecule has 0 saturated carbocycles. The average Bonchev–Trinajstić information content (AvgIpc) is 3.10. The molecule has 0 aliphatic carbocycles. The number of aromatic amines is 1. The van der Waals surface area contributed by atoms with E-state index in [1.54, 1.807) is 10.9 Å². The lowest BCUT2D eigenvalue weighted by Crippen LogP contribution is -1.96. The molecule has 0 atom stereocenters. The number of fused-ring (bicyclic) bond motifs is 2. The molecule has 0 amide bonds. The molecule has 8 nitrogen and oxygen atoms in total. The van der Waals surface area contributed by atoms with Gasteiger partial charge in [0.05, 0.1) is 16.4 Å². The molecule has 0 radical (unpaired) electrons. The SMILES string of the molecule is Cn1nc(OCO)c2ccc(Nc3n[nH]c4cccnc34)cc21. The Labute approximate surface area is 130 Å². The third-order valence-corrected chi connectivity index (χ3v) is 3.60. The van der Waals surface area contributed by atoms with Crippen molar-refractivity contribution < 1.29 is 9.84 Å². The molecule has 0 saturated heterocycles. The zero-order valence-corrected chi connectivity index (χ0v) is 12.3. The fourth-order valence-corrected chi connectivity index (χ4v) is 2.55. The first-order chi connectivity index (χ1) is 11.3. The number of pyridine rings is 1. The van der Waals surface area contributed by atoms with Crippen molar-refractivity contribution in [1.29, 1.82) is 0 Å². The Kier molecular flexibility index (Phi) is 3.09. The molecule has 0 spiro atoms. The molecule has 0 unspecified atom stereocenters. The molecule has 1 aromatic carbocycles. The number of rotatable bonds is 4. The van der Waals surface area contributed by atoms with Crippen LogP contribution < -0.4 is 10.1 Å². The monoisotopic (exact) mass is 310 g/mol. The minimum Gasteiger partial charge on any atom is -0.449 e. The van der Waals surface area contributed by atoms with Crippen LogP contribution in [-0.4, -0.2) is 36.9 Å². The van der Waals surface area contributed by atoms with Crippen LogP contribution in [0.4, 0.5) is 11.5 Å². The molecular formula is C15H14N6O2. The maximum atomic E-state index is 8.91. The van der Waals surface area contributed by atoms with E-state index in [4.69, 9.17) is 9.84 Å². The number of nitrogens with one attached hydrogen (secondary N) is 2. The second-order valence-electron chi connectivity index (χ2n) is 5.03. The van der Waals surface area contributed by atoms with Gasteiger partial charge in [-0.05, 0) is 30.3 Å². The van der Waals surface area contributed by atoms with Crippen molar-refractivity contribution in [3.05, 3.63) is 36.5 Å². The van der Waals surface area contributed by atoms with Crippen LogP contribution in [0.15, 0.2) is 36.5 Å². The summed E-state index contributed by atoms with van der Waals surface area (Å²) >= 11 is 0. The molecule has 0 fully saturated rings. The summed E-state index contributed by atoms with van der Waals surface area (Å²) in [6.07, 6.45) is 1.73. The van der Waals surface area contributed by atoms with E-state index in [2.05, 4.69) is 25.6 Å². The number of hydrogen-bond acceptors (Lipinski definition) is 6. The van der Waals surface area contributed by atoms with Gasteiger partial charge >= 0.3 is 0 Å². The molecule has 3 heterocycles. The summed E-state index contributed by atoms with van der Waals surface area (Å²) in [7, 11) is 1.82. The molecule has 3 aromatic heterocycles. The van der Waals surface area contributed by atoms with Gasteiger partial charge < -0.3 is 15.2 Å². The summed E-state index contributed by atoms with van der Waals surface area (Å²) in [4.78, 5) is 4.32. The highest BCUT2D eigenvalue weighted by molar-refractivity contribution is 5.91. The number of aliphatic hydroxyl groups excluding tert-OH is 1. The second kappa shape index (κ2) is 5.25. The van der Waals surface area contributed by atoms with Crippen LogP contribution in [-0.2, 0) is 7.05 Å². The summed E-state index contributed by atoms with van der Waals surface area (Å²) in [5, 5.41) is 24.4. The number of benzene rings is 1. The summed E-state index contributed by atoms with van der Waals surface area (Å²) in [5.41, 5.74) is 3.39. The number of aromatic nitrogens is 5. The fourth-order valence-electron chi connectivity index (χ4n) is 2.55. The number of hydrogen-bond donors (Lipinski definition) is 3. The van der Waals surface area contributed by atoms with Crippen molar-refractivity contribution in [3.63, 3.8) is 0 Å². The van der Waals surface area contributed by atoms with Crippen LogP contribution in [0.3, 0.4) is 0 Å². The smallest absolute Gasteiger partial charge is 0.242 e. The number of nitrogens with zero attached hydrogens (tertiary/aromatic N) is 4. The number of aliphatic hydroxyl groups is 1. The lowest BCUT2D eigenvalue weighted by molar-refractivity contribution is 0.0948. The largest absolute Gasteiger partial charge is 0.449 e. The summed E-state index contributed by atoms with van der Waals surface area (Å²) in [5.74, 6) is 1.07. The highest BCUT2D eigenvalue weighted by Gasteiger charge is 2.12. The lowest BCUT2D eigenvalue weighted by Gasteiger charge is -2.04. The highest BCUT2D eigenvalue weighted by Crippen LogP contribution is 2.29. The standard InChI is InChI=1S/C15H14N6O2/c1-21-12-7-9(4-5-10(12)15(20-21)23-8-22)17-14-13-11(18-19-14)3-2-6-16-13/h2-7,22H,8H2,1H3,(H2,17,18,19). The summed E-state index contributed by atoms with van der Waals surface area (Å²) < 4.78 is 6.82. The Morgan fingerprint density at radius 1 is 1.35 bits per heavy atom. The lowest BCUT2D eigenvalue weighted by atomic mass is 10.2. The van der Waals surface area contributed by atoms with E-state index in [0.29, 0.717) is 11.7 Å². The highest BCUT2D eigenvalue weighted by atomic mass is 16.6. The Hall–Kier alpha value is -3.13. The van der Waals surface area contributed by atoms with Gasteiger partial charge in [0.1, 0.15) is 5.52 Å². The van der Waals surface area contributed by atoms with E-state index < -0.39 is 6.79 Å². The van der Waals surface area contributed by atoms with Crippen molar-refractivity contribution in [1.82, 2.24) is 25.0 Å². The van der Waals surface area contributed by atoms with Crippen LogP contribution >= 0.6 is 0 Å². The topological polar surface area (TPSA) is 101 Å². The number of H-pyrrole nitrogens is 1. The molecule has 3 N–H and O–H groups in total. The van der Waals surface area contributed by atoms with Gasteiger partial charge in [-0.3, -0.25) is 14.8 Å². The van der Waals surface area contributed by atoms with E-state index in [0.717, 1.165) is 27.6 Å². The van der Waals surface area contributed by atoms with E-state index in [9.17, 15) is 0 Å². The first kappa shape index (κ1) is 13.5. The molecule has 116 valence electrons. The van der Waals surface area contributed by atoms with Gasteiger partial charge in [0.15, 0.2) is 12.6 Å². The number of ether oxygens (including phenoxy) is 1. The Morgan fingerprint density at radius 2 is 2.26 bits per heavy atom. The van der Waals surface area contributed by atoms with E-state index in [-0.39, 0.29) is 0 Å². The van der Waals surface area contributed by atoms with Crippen molar-refractivity contribution in [2.45, 2.75) is 0 Å². The number of anilines is 2. The normalized spacial score (nSPS) is 11.2. The van der Waals surface area contributed by atoms with Crippen molar-refractivity contribution >= 4 is 33.4 Å². The Bertz CT molecular complexity index is 990. The van der Waals surface area contributed by atoms with Crippen LogP contribution in [0, 0.1) is 0 Å². The van der Waals surface area contributed by atoms with Gasteiger partial charge in [0.25, 0.3) is 0 Å². The molecule has 0 aliphatic heterocycles. The molecular weight excluding hydrogens is 296 g/mol. The number of aryl methyl sites for hydroxylation is 1. The molecule has 4 aromatic rings. The molecule has 0 aliphatic rings. The zero-order valence-electron chi connectivity index (χ0n) is 12.3. The quantitative estimate of drug-likeness (QED) is 0.498. The van der Waals surface area contributed by atoms with Crippen LogP contribution in [0.25, 0.3) is 21.9 Å². The van der Waals surface area contributed by atoms with E-state index in [1.807, 2.05) is 37.4 Å². The summed E-state index contributed by atoms with van der Waals surface area (Å²) in [6, 6.07) is 9.50. The van der Waals surface area contributed by atoms with Gasteiger partial charge in [0, 0.05) is 18.9 Å². The minimum absolute atomic E-state index is 0.406. The third kappa shape index (κ3) is 2.25. The summed E-state index contributed by atoms with van der Waals surface area (Å²) in [6.45, 7) is -0.406. The maximum absolute atomic E-state index is 8.91. The third-order valence-electron chi connectivity index (χ3n) is 3.60. The van der Waals surface area contributed by atoms with Gasteiger partial charge in [-0.15, -0.1) is 5.10 Å². The molecule has 0 bridgehead atoms. The van der Waals surface area contributed by atoms with Crippen LogP contribution in [0.2, 0.25) is 0 Å². The van der Waals surface area contributed by atoms with Gasteiger partial charge in [0.2, 0.25) is 5.88 Å². The van der Waals surface area contributed by atoms with Gasteiger partial charge in [-0.2, -0.15) is 5.10 Å². The van der Waals surface area contributed by atoms with E-state index >= 15 is 0 Å². The fraction of sp³-hybridized carbons (Fsp3) is 0.133. The van der Waals surface area contributed by atoms with Crippen LogP contribution in [0.5, 0.6) is 5.88 Å². The molecule has 23 heavy (non-hydrogen) atoms. The predicted molar refractivity (Wildman–Crippen MR) is 85.6 cm³/mol. The average molecular weight is 310 g/mol. The second-order valence-corrected chi connectivity index (χ2v) is 5.03. The Balaban J connectivity index is 1.73. The maximum Gasteiger partial charge on any atom is 0.242 e.